The summed E-state index contributed by atoms with van der Waals surface area (Å²) >= 11 is 3.31. The van der Waals surface area contributed by atoms with Crippen LogP contribution in [0.2, 0.25) is 0 Å². The molecule has 0 bridgehead atoms. The summed E-state index contributed by atoms with van der Waals surface area (Å²) in [5.74, 6) is 1.56. The van der Waals surface area contributed by atoms with E-state index in [4.69, 9.17) is 4.74 Å². The Bertz CT molecular complexity index is 569. The Balaban J connectivity index is 2.00. The number of hydrogen-bond acceptors (Lipinski definition) is 4. The van der Waals surface area contributed by atoms with Crippen molar-refractivity contribution in [2.24, 2.45) is 7.05 Å². The maximum Gasteiger partial charge on any atom is 0.172 e. The highest BCUT2D eigenvalue weighted by Gasteiger charge is 2.08. The van der Waals surface area contributed by atoms with Crippen LogP contribution in [0.25, 0.3) is 0 Å². The average molecular weight is 326 g/mol. The smallest absolute Gasteiger partial charge is 0.172 e. The number of rotatable bonds is 5. The van der Waals surface area contributed by atoms with Crippen LogP contribution in [0.5, 0.6) is 11.5 Å². The highest BCUT2D eigenvalue weighted by molar-refractivity contribution is 9.10. The fraction of sp³-hybridized carbons (Fsp3) is 0.308. The van der Waals surface area contributed by atoms with Crippen LogP contribution in [-0.2, 0) is 20.1 Å². The molecule has 0 saturated heterocycles. The van der Waals surface area contributed by atoms with Crippen LogP contribution in [0, 0.1) is 0 Å². The lowest BCUT2D eigenvalue weighted by Gasteiger charge is -2.10. The summed E-state index contributed by atoms with van der Waals surface area (Å²) in [6.07, 6.45) is 3.69. The summed E-state index contributed by atoms with van der Waals surface area (Å²) in [4.78, 5) is 4.24. The standard InChI is InChI=1S/C13H16BrN3O2/c1-17-4-3-16-12(17)8-15-7-9-5-10(14)13(18)11(6-9)19-2/h3-6,15,18H,7-8H2,1-2H3. The van der Waals surface area contributed by atoms with Gasteiger partial charge >= 0.3 is 0 Å². The number of methoxy groups -OCH3 is 1. The molecule has 2 rings (SSSR count). The van der Waals surface area contributed by atoms with E-state index < -0.39 is 0 Å². The zero-order valence-corrected chi connectivity index (χ0v) is 12.4. The van der Waals surface area contributed by atoms with Crippen molar-refractivity contribution in [3.8, 4) is 11.5 Å². The van der Waals surface area contributed by atoms with E-state index in [1.165, 1.54) is 7.11 Å². The quantitative estimate of drug-likeness (QED) is 0.884. The maximum atomic E-state index is 9.73. The van der Waals surface area contributed by atoms with Crippen molar-refractivity contribution in [1.82, 2.24) is 14.9 Å². The number of phenols is 1. The third-order valence-electron chi connectivity index (χ3n) is 2.84. The Morgan fingerprint density at radius 1 is 1.42 bits per heavy atom. The third kappa shape index (κ3) is 3.27. The predicted molar refractivity (Wildman–Crippen MR) is 76.1 cm³/mol. The van der Waals surface area contributed by atoms with Crippen LogP contribution in [0.3, 0.4) is 0 Å². The molecule has 0 radical (unpaired) electrons. The molecule has 2 aromatic rings. The van der Waals surface area contributed by atoms with Gasteiger partial charge in [-0.3, -0.25) is 0 Å². The number of phenolic OH excluding ortho intramolecular Hbond substituents is 1. The average Bonchev–Trinajstić information content (AvgIpc) is 2.79. The van der Waals surface area contributed by atoms with E-state index in [9.17, 15) is 5.11 Å². The Morgan fingerprint density at radius 3 is 2.84 bits per heavy atom. The first kappa shape index (κ1) is 13.9. The molecule has 0 spiro atoms. The minimum absolute atomic E-state index is 0.121. The second-order valence-corrected chi connectivity index (χ2v) is 5.04. The summed E-state index contributed by atoms with van der Waals surface area (Å²) < 4.78 is 7.71. The molecule has 0 unspecified atom stereocenters. The number of aryl methyl sites for hydroxylation is 1. The normalized spacial score (nSPS) is 10.7. The summed E-state index contributed by atoms with van der Waals surface area (Å²) in [6.45, 7) is 1.35. The molecule has 19 heavy (non-hydrogen) atoms. The van der Waals surface area contributed by atoms with Gasteiger partial charge in [0.15, 0.2) is 11.5 Å². The molecule has 0 fully saturated rings. The van der Waals surface area contributed by atoms with Gasteiger partial charge < -0.3 is 19.7 Å². The topological polar surface area (TPSA) is 59.3 Å². The minimum Gasteiger partial charge on any atom is -0.503 e. The lowest BCUT2D eigenvalue weighted by atomic mass is 10.2. The Kier molecular flexibility index (Phi) is 4.44. The lowest BCUT2D eigenvalue weighted by molar-refractivity contribution is 0.371. The number of benzene rings is 1. The van der Waals surface area contributed by atoms with Crippen LogP contribution in [0.4, 0.5) is 0 Å². The fourth-order valence-electron chi connectivity index (χ4n) is 1.77. The zero-order chi connectivity index (χ0) is 13.8. The van der Waals surface area contributed by atoms with Crippen LogP contribution < -0.4 is 10.1 Å². The van der Waals surface area contributed by atoms with Crippen LogP contribution in [0.1, 0.15) is 11.4 Å². The number of imidazole rings is 1. The minimum atomic E-state index is 0.121. The Labute approximate surface area is 120 Å². The van der Waals surface area contributed by atoms with E-state index in [1.807, 2.05) is 29.9 Å². The molecule has 0 aliphatic carbocycles. The molecule has 0 aliphatic rings. The monoisotopic (exact) mass is 325 g/mol. The Hall–Kier alpha value is -1.53. The second-order valence-electron chi connectivity index (χ2n) is 4.19. The van der Waals surface area contributed by atoms with Gasteiger partial charge in [-0.05, 0) is 33.6 Å². The molecular weight excluding hydrogens is 310 g/mol. The molecule has 1 aromatic heterocycles. The number of halogens is 1. The van der Waals surface area contributed by atoms with Crippen molar-refractivity contribution < 1.29 is 9.84 Å². The summed E-state index contributed by atoms with van der Waals surface area (Å²) in [6, 6.07) is 3.68. The highest BCUT2D eigenvalue weighted by atomic mass is 79.9. The molecular formula is C13H16BrN3O2. The van der Waals surface area contributed by atoms with E-state index in [2.05, 4.69) is 26.2 Å². The molecule has 1 aromatic carbocycles. The molecule has 0 amide bonds. The van der Waals surface area contributed by atoms with Crippen molar-refractivity contribution in [3.05, 3.63) is 40.4 Å². The molecule has 0 aliphatic heterocycles. The van der Waals surface area contributed by atoms with Gasteiger partial charge in [0, 0.05) is 26.0 Å². The van der Waals surface area contributed by atoms with Crippen LogP contribution in [-0.4, -0.2) is 21.8 Å². The first-order valence-electron chi connectivity index (χ1n) is 5.84. The lowest BCUT2D eigenvalue weighted by Crippen LogP contribution is -2.15. The van der Waals surface area contributed by atoms with Gasteiger partial charge in [-0.25, -0.2) is 4.98 Å². The van der Waals surface area contributed by atoms with Gasteiger partial charge in [-0.1, -0.05) is 0 Å². The molecule has 5 nitrogen and oxygen atoms in total. The van der Waals surface area contributed by atoms with Crippen molar-refractivity contribution >= 4 is 15.9 Å². The number of ether oxygens (including phenoxy) is 1. The van der Waals surface area contributed by atoms with Gasteiger partial charge in [0.2, 0.25) is 0 Å². The summed E-state index contributed by atoms with van der Waals surface area (Å²) in [7, 11) is 3.50. The van der Waals surface area contributed by atoms with Crippen molar-refractivity contribution in [3.63, 3.8) is 0 Å². The van der Waals surface area contributed by atoms with Gasteiger partial charge in [0.1, 0.15) is 5.82 Å². The summed E-state index contributed by atoms with van der Waals surface area (Å²) in [5.41, 5.74) is 1.02. The molecule has 0 saturated carbocycles. The van der Waals surface area contributed by atoms with Crippen molar-refractivity contribution in [2.45, 2.75) is 13.1 Å². The molecule has 102 valence electrons. The summed E-state index contributed by atoms with van der Waals surface area (Å²) in [5, 5.41) is 13.0. The maximum absolute atomic E-state index is 9.73. The number of aromatic nitrogens is 2. The first-order chi connectivity index (χ1) is 9.11. The highest BCUT2D eigenvalue weighted by Crippen LogP contribution is 2.35. The zero-order valence-electron chi connectivity index (χ0n) is 10.9. The number of nitrogens with zero attached hydrogens (tertiary/aromatic N) is 2. The third-order valence-corrected chi connectivity index (χ3v) is 3.45. The van der Waals surface area contributed by atoms with Crippen LogP contribution >= 0.6 is 15.9 Å². The molecule has 2 N–H and O–H groups in total. The predicted octanol–water partition coefficient (Wildman–Crippen LogP) is 2.19. The van der Waals surface area contributed by atoms with Gasteiger partial charge in [0.25, 0.3) is 0 Å². The molecule has 6 heteroatoms. The van der Waals surface area contributed by atoms with E-state index >= 15 is 0 Å². The van der Waals surface area contributed by atoms with Crippen LogP contribution in [0.15, 0.2) is 29.0 Å². The Morgan fingerprint density at radius 2 is 2.21 bits per heavy atom. The van der Waals surface area contributed by atoms with Gasteiger partial charge in [-0.15, -0.1) is 0 Å². The van der Waals surface area contributed by atoms with Gasteiger partial charge in [0.05, 0.1) is 18.1 Å². The van der Waals surface area contributed by atoms with E-state index in [1.54, 1.807) is 6.20 Å². The van der Waals surface area contributed by atoms with Gasteiger partial charge in [-0.2, -0.15) is 0 Å². The fourth-order valence-corrected chi connectivity index (χ4v) is 2.26. The van der Waals surface area contributed by atoms with Crippen molar-refractivity contribution in [2.75, 3.05) is 7.11 Å². The van der Waals surface area contributed by atoms with Crippen molar-refractivity contribution in [1.29, 1.82) is 0 Å². The van der Waals surface area contributed by atoms with E-state index in [-0.39, 0.29) is 5.75 Å². The first-order valence-corrected chi connectivity index (χ1v) is 6.63. The number of aromatic hydroxyl groups is 1. The van der Waals surface area contributed by atoms with E-state index in [0.717, 1.165) is 11.4 Å². The second kappa shape index (κ2) is 6.08. The molecule has 0 atom stereocenters. The number of nitrogens with one attached hydrogen (secondary N) is 1. The van der Waals surface area contributed by atoms with E-state index in [0.29, 0.717) is 23.3 Å². The SMILES string of the molecule is COc1cc(CNCc2nccn2C)cc(Br)c1O. The molecule has 1 heterocycles. The number of hydrogen-bond donors (Lipinski definition) is 2. The largest absolute Gasteiger partial charge is 0.503 e.